The highest BCUT2D eigenvalue weighted by Crippen LogP contribution is 2.50. The van der Waals surface area contributed by atoms with Gasteiger partial charge in [-0.15, -0.1) is 0 Å². The molecule has 0 fully saturated rings. The van der Waals surface area contributed by atoms with Gasteiger partial charge in [0.2, 0.25) is 0 Å². The Morgan fingerprint density at radius 3 is 2.27 bits per heavy atom. The summed E-state index contributed by atoms with van der Waals surface area (Å²) in [5.41, 5.74) is 5.24. The van der Waals surface area contributed by atoms with E-state index in [-0.39, 0.29) is 28.2 Å². The van der Waals surface area contributed by atoms with Crippen LogP contribution in [0.2, 0.25) is 0 Å². The van der Waals surface area contributed by atoms with Crippen LogP contribution in [0.5, 0.6) is 0 Å². The van der Waals surface area contributed by atoms with Crippen molar-refractivity contribution in [3.8, 4) is 5.95 Å². The van der Waals surface area contributed by atoms with E-state index in [2.05, 4.69) is 28.9 Å². The van der Waals surface area contributed by atoms with Crippen LogP contribution in [-0.2, 0) is 6.18 Å². The van der Waals surface area contributed by atoms with Crippen molar-refractivity contribution in [3.63, 3.8) is 0 Å². The summed E-state index contributed by atoms with van der Waals surface area (Å²) in [5.74, 6) is -0.0834. The molecule has 2 aromatic rings. The summed E-state index contributed by atoms with van der Waals surface area (Å²) >= 11 is 0. The Bertz CT molecular complexity index is 848. The number of nitrogens with zero attached hydrogens (tertiary/aromatic N) is 4. The van der Waals surface area contributed by atoms with Gasteiger partial charge in [0, 0.05) is 12.4 Å². The summed E-state index contributed by atoms with van der Waals surface area (Å²) < 4.78 is 42.1. The maximum absolute atomic E-state index is 13.7. The van der Waals surface area contributed by atoms with E-state index < -0.39 is 11.9 Å². The first kappa shape index (κ1) is 18.4. The molecule has 0 aliphatic heterocycles. The molecule has 3 rings (SSSR count). The van der Waals surface area contributed by atoms with Crippen LogP contribution in [-0.4, -0.2) is 19.7 Å². The Morgan fingerprint density at radius 2 is 1.73 bits per heavy atom. The van der Waals surface area contributed by atoms with E-state index in [0.29, 0.717) is 12.0 Å². The van der Waals surface area contributed by atoms with Crippen LogP contribution in [0.4, 0.5) is 19.0 Å². The Hall–Kier alpha value is -2.38. The Kier molecular flexibility index (Phi) is 4.12. The van der Waals surface area contributed by atoms with Crippen molar-refractivity contribution >= 4 is 11.4 Å². The van der Waals surface area contributed by atoms with Crippen LogP contribution in [0.3, 0.4) is 0 Å². The van der Waals surface area contributed by atoms with Gasteiger partial charge in [0.15, 0.2) is 5.69 Å². The highest BCUT2D eigenvalue weighted by molar-refractivity contribution is 5.77. The fourth-order valence-corrected chi connectivity index (χ4v) is 4.04. The normalized spacial score (nSPS) is 19.3. The van der Waals surface area contributed by atoms with Gasteiger partial charge in [0.1, 0.15) is 5.82 Å². The molecule has 5 nitrogen and oxygen atoms in total. The summed E-state index contributed by atoms with van der Waals surface area (Å²) in [6.45, 7) is 8.13. The second kappa shape index (κ2) is 5.82. The second-order valence-corrected chi connectivity index (χ2v) is 8.24. The smallest absolute Gasteiger partial charge is 0.383 e. The largest absolute Gasteiger partial charge is 0.435 e. The van der Waals surface area contributed by atoms with Crippen molar-refractivity contribution < 1.29 is 13.2 Å². The quantitative estimate of drug-likeness (QED) is 0.851. The highest BCUT2D eigenvalue weighted by atomic mass is 19.4. The minimum atomic E-state index is -4.63. The summed E-state index contributed by atoms with van der Waals surface area (Å²) in [4.78, 5) is 7.94. The van der Waals surface area contributed by atoms with Gasteiger partial charge in [0.05, 0.1) is 5.56 Å². The van der Waals surface area contributed by atoms with Gasteiger partial charge >= 0.3 is 6.18 Å². The van der Waals surface area contributed by atoms with E-state index in [1.807, 2.05) is 19.9 Å². The number of hydrogen-bond acceptors (Lipinski definition) is 4. The lowest BCUT2D eigenvalue weighted by Gasteiger charge is -2.39. The molecule has 0 unspecified atom stereocenters. The lowest BCUT2D eigenvalue weighted by atomic mass is 9.65. The molecular weight excluding hydrogens is 343 g/mol. The molecular formula is C18H22F3N5. The van der Waals surface area contributed by atoms with E-state index >= 15 is 0 Å². The molecule has 8 heteroatoms. The zero-order valence-corrected chi connectivity index (χ0v) is 15.2. The van der Waals surface area contributed by atoms with Gasteiger partial charge in [-0.3, -0.25) is 0 Å². The molecule has 140 valence electrons. The lowest BCUT2D eigenvalue weighted by Crippen LogP contribution is -2.27. The summed E-state index contributed by atoms with van der Waals surface area (Å²) in [6.07, 6.45) is 1.49. The first-order chi connectivity index (χ1) is 11.9. The average Bonchev–Trinajstić information content (AvgIpc) is 2.82. The van der Waals surface area contributed by atoms with E-state index in [0.717, 1.165) is 11.1 Å². The topological polar surface area (TPSA) is 69.6 Å². The Balaban J connectivity index is 2.24. The molecule has 1 aliphatic rings. The van der Waals surface area contributed by atoms with E-state index in [1.54, 1.807) is 6.07 Å². The molecule has 0 amide bonds. The van der Waals surface area contributed by atoms with Crippen LogP contribution in [0.1, 0.15) is 51.8 Å². The third kappa shape index (κ3) is 3.45. The number of hydrogen-bond donors (Lipinski definition) is 1. The molecule has 0 saturated carbocycles. The fraction of sp³-hybridized carbons (Fsp3) is 0.500. The third-order valence-electron chi connectivity index (χ3n) is 4.42. The predicted molar refractivity (Wildman–Crippen MR) is 93.3 cm³/mol. The first-order valence-electron chi connectivity index (χ1n) is 8.35. The monoisotopic (exact) mass is 365 g/mol. The number of anilines is 1. The van der Waals surface area contributed by atoms with E-state index in [1.165, 1.54) is 12.4 Å². The van der Waals surface area contributed by atoms with Gasteiger partial charge in [0.25, 0.3) is 5.95 Å². The summed E-state index contributed by atoms with van der Waals surface area (Å²) in [6, 6.07) is 1.57. The maximum atomic E-state index is 13.7. The van der Waals surface area contributed by atoms with Gasteiger partial charge in [-0.1, -0.05) is 33.8 Å². The van der Waals surface area contributed by atoms with Crippen LogP contribution < -0.4 is 5.73 Å². The minimum absolute atomic E-state index is 0.0108. The number of nitrogen functional groups attached to an aromatic ring is 1. The minimum Gasteiger partial charge on any atom is -0.383 e. The standard InChI is InChI=1S/C18H22F3N5/c1-16(2)8-11(9-17(3,4)10-16)12-13(18(19,20)21)25-26(14(12)22)15-23-6-5-7-24-15/h5-8H,9-10,22H2,1-4H3. The molecule has 26 heavy (non-hydrogen) atoms. The highest BCUT2D eigenvalue weighted by Gasteiger charge is 2.43. The zero-order chi connectivity index (χ0) is 19.3. The Labute approximate surface area is 150 Å². The number of aromatic nitrogens is 4. The molecule has 0 bridgehead atoms. The van der Waals surface area contributed by atoms with Crippen molar-refractivity contribution in [2.45, 2.75) is 46.7 Å². The number of rotatable bonds is 2. The molecule has 0 radical (unpaired) electrons. The molecule has 2 heterocycles. The van der Waals surface area contributed by atoms with Crippen molar-refractivity contribution in [3.05, 3.63) is 35.8 Å². The van der Waals surface area contributed by atoms with E-state index in [9.17, 15) is 13.2 Å². The molecule has 0 atom stereocenters. The van der Waals surface area contributed by atoms with Crippen molar-refractivity contribution in [2.75, 3.05) is 5.73 Å². The van der Waals surface area contributed by atoms with E-state index in [4.69, 9.17) is 5.73 Å². The second-order valence-electron chi connectivity index (χ2n) is 8.24. The number of alkyl halides is 3. The third-order valence-corrected chi connectivity index (χ3v) is 4.42. The zero-order valence-electron chi connectivity index (χ0n) is 15.2. The van der Waals surface area contributed by atoms with Crippen molar-refractivity contribution in [2.24, 2.45) is 10.8 Å². The number of nitrogens with two attached hydrogens (primary N) is 1. The van der Waals surface area contributed by atoms with Gasteiger partial charge < -0.3 is 5.73 Å². The molecule has 0 spiro atoms. The predicted octanol–water partition coefficient (Wildman–Crippen LogP) is 4.49. The molecule has 2 aromatic heterocycles. The van der Waals surface area contributed by atoms with Crippen LogP contribution in [0, 0.1) is 10.8 Å². The van der Waals surface area contributed by atoms with Gasteiger partial charge in [-0.2, -0.15) is 23.0 Å². The number of allylic oxidation sites excluding steroid dienone is 2. The average molecular weight is 365 g/mol. The number of halogens is 3. The van der Waals surface area contributed by atoms with Gasteiger partial charge in [-0.25, -0.2) is 9.97 Å². The SMILES string of the molecule is CC1(C)C=C(c2c(C(F)(F)F)nn(-c3ncccn3)c2N)CC(C)(C)C1. The Morgan fingerprint density at radius 1 is 1.12 bits per heavy atom. The van der Waals surface area contributed by atoms with Crippen LogP contribution in [0.15, 0.2) is 24.5 Å². The lowest BCUT2D eigenvalue weighted by molar-refractivity contribution is -0.141. The molecule has 2 N–H and O–H groups in total. The fourth-order valence-electron chi connectivity index (χ4n) is 4.04. The summed E-state index contributed by atoms with van der Waals surface area (Å²) in [7, 11) is 0. The first-order valence-corrected chi connectivity index (χ1v) is 8.35. The van der Waals surface area contributed by atoms with Crippen molar-refractivity contribution in [1.82, 2.24) is 19.7 Å². The maximum Gasteiger partial charge on any atom is 0.435 e. The van der Waals surface area contributed by atoms with Crippen molar-refractivity contribution in [1.29, 1.82) is 0 Å². The van der Waals surface area contributed by atoms with Gasteiger partial charge in [-0.05, 0) is 35.3 Å². The summed E-state index contributed by atoms with van der Waals surface area (Å²) in [5, 5.41) is 3.72. The molecule has 0 saturated heterocycles. The molecule has 0 aromatic carbocycles. The van der Waals surface area contributed by atoms with Crippen LogP contribution in [0.25, 0.3) is 11.5 Å². The molecule has 1 aliphatic carbocycles. The van der Waals surface area contributed by atoms with Crippen LogP contribution >= 0.6 is 0 Å².